The van der Waals surface area contributed by atoms with Gasteiger partial charge in [-0.1, -0.05) is 12.1 Å². The van der Waals surface area contributed by atoms with E-state index in [1.54, 1.807) is 0 Å². The first-order valence-corrected chi connectivity index (χ1v) is 8.84. The van der Waals surface area contributed by atoms with Gasteiger partial charge < -0.3 is 9.88 Å². The highest BCUT2D eigenvalue weighted by molar-refractivity contribution is 5.95. The molecule has 0 unspecified atom stereocenters. The summed E-state index contributed by atoms with van der Waals surface area (Å²) in [6.07, 6.45) is 2.05. The van der Waals surface area contributed by atoms with Crippen LogP contribution in [0.5, 0.6) is 0 Å². The minimum atomic E-state index is -0.207. The van der Waals surface area contributed by atoms with Crippen LogP contribution in [0, 0.1) is 19.7 Å². The van der Waals surface area contributed by atoms with Crippen LogP contribution in [0.1, 0.15) is 40.2 Å². The van der Waals surface area contributed by atoms with Crippen LogP contribution < -0.4 is 5.32 Å². The van der Waals surface area contributed by atoms with Crippen LogP contribution in [0.4, 0.5) is 4.39 Å². The Balaban J connectivity index is 1.60. The topological polar surface area (TPSA) is 37.3 Å². The molecule has 1 aliphatic rings. The molecule has 2 aromatic rings. The second kappa shape index (κ2) is 7.40. The molecule has 1 fully saturated rings. The van der Waals surface area contributed by atoms with E-state index in [0.717, 1.165) is 55.0 Å². The van der Waals surface area contributed by atoms with E-state index in [1.807, 2.05) is 43.7 Å². The van der Waals surface area contributed by atoms with Gasteiger partial charge >= 0.3 is 0 Å². The van der Waals surface area contributed by atoms with E-state index in [1.165, 1.54) is 12.1 Å². The highest BCUT2D eigenvalue weighted by atomic mass is 19.1. The Morgan fingerprint density at radius 2 is 2.00 bits per heavy atom. The zero-order valence-corrected chi connectivity index (χ0v) is 15.2. The fourth-order valence-electron chi connectivity index (χ4n) is 3.51. The van der Waals surface area contributed by atoms with Crippen LogP contribution in [-0.4, -0.2) is 34.5 Å². The SMILES string of the molecule is Cc1cc(C(=O)N[C@@H]2CCCN(Cc3ccc(F)cc3)C2)c(C)n1C. The third-order valence-corrected chi connectivity index (χ3v) is 5.18. The van der Waals surface area contributed by atoms with E-state index >= 15 is 0 Å². The Kier molecular flexibility index (Phi) is 5.23. The van der Waals surface area contributed by atoms with E-state index < -0.39 is 0 Å². The van der Waals surface area contributed by atoms with Crippen LogP contribution in [0.2, 0.25) is 0 Å². The molecule has 4 nitrogen and oxygen atoms in total. The van der Waals surface area contributed by atoms with Crippen LogP contribution in [0.25, 0.3) is 0 Å². The first-order chi connectivity index (χ1) is 11.9. The lowest BCUT2D eigenvalue weighted by molar-refractivity contribution is 0.0900. The molecule has 1 aromatic heterocycles. The van der Waals surface area contributed by atoms with Crippen molar-refractivity contribution in [2.45, 2.75) is 39.3 Å². The molecule has 1 aromatic carbocycles. The summed E-state index contributed by atoms with van der Waals surface area (Å²) in [7, 11) is 1.98. The molecule has 1 N–H and O–H groups in total. The number of amides is 1. The normalized spacial score (nSPS) is 18.3. The van der Waals surface area contributed by atoms with Crippen LogP contribution in [-0.2, 0) is 13.6 Å². The number of likely N-dealkylation sites (tertiary alicyclic amines) is 1. The number of nitrogens with one attached hydrogen (secondary N) is 1. The molecule has 134 valence electrons. The molecule has 0 aliphatic carbocycles. The van der Waals surface area contributed by atoms with E-state index in [0.29, 0.717) is 0 Å². The summed E-state index contributed by atoms with van der Waals surface area (Å²) in [6.45, 7) is 6.61. The second-order valence-electron chi connectivity index (χ2n) is 7.02. The number of nitrogens with zero attached hydrogens (tertiary/aromatic N) is 2. The van der Waals surface area contributed by atoms with E-state index in [2.05, 4.69) is 10.2 Å². The maximum Gasteiger partial charge on any atom is 0.253 e. The van der Waals surface area contributed by atoms with Crippen LogP contribution in [0.3, 0.4) is 0 Å². The maximum atomic E-state index is 13.0. The number of hydrogen-bond donors (Lipinski definition) is 1. The lowest BCUT2D eigenvalue weighted by Crippen LogP contribution is -2.47. The lowest BCUT2D eigenvalue weighted by atomic mass is 10.0. The smallest absolute Gasteiger partial charge is 0.253 e. The van der Waals surface area contributed by atoms with Crippen molar-refractivity contribution in [1.29, 1.82) is 0 Å². The zero-order chi connectivity index (χ0) is 18.0. The van der Waals surface area contributed by atoms with Gasteiger partial charge in [0.25, 0.3) is 5.91 Å². The fraction of sp³-hybridized carbons (Fsp3) is 0.450. The minimum Gasteiger partial charge on any atom is -0.351 e. The number of piperidine rings is 1. The number of carbonyl (C=O) groups is 1. The van der Waals surface area contributed by atoms with Gasteiger partial charge in [-0.05, 0) is 57.0 Å². The van der Waals surface area contributed by atoms with Gasteiger partial charge in [0.1, 0.15) is 5.82 Å². The van der Waals surface area contributed by atoms with Gasteiger partial charge in [0.2, 0.25) is 0 Å². The highest BCUT2D eigenvalue weighted by Gasteiger charge is 2.23. The number of aromatic nitrogens is 1. The van der Waals surface area contributed by atoms with Gasteiger partial charge in [-0.3, -0.25) is 9.69 Å². The Hall–Kier alpha value is -2.14. The summed E-state index contributed by atoms with van der Waals surface area (Å²) in [6, 6.07) is 8.75. The largest absolute Gasteiger partial charge is 0.351 e. The molecule has 1 atom stereocenters. The van der Waals surface area contributed by atoms with E-state index in [9.17, 15) is 9.18 Å². The van der Waals surface area contributed by atoms with Crippen molar-refractivity contribution in [3.63, 3.8) is 0 Å². The summed E-state index contributed by atoms with van der Waals surface area (Å²) in [5, 5.41) is 3.19. The van der Waals surface area contributed by atoms with Gasteiger partial charge in [0, 0.05) is 37.6 Å². The van der Waals surface area contributed by atoms with Gasteiger partial charge in [-0.25, -0.2) is 4.39 Å². The Labute approximate surface area is 148 Å². The summed E-state index contributed by atoms with van der Waals surface area (Å²) in [5.41, 5.74) is 3.94. The molecule has 3 rings (SSSR count). The predicted molar refractivity (Wildman–Crippen MR) is 97.1 cm³/mol. The third-order valence-electron chi connectivity index (χ3n) is 5.18. The molecular formula is C20H26FN3O. The monoisotopic (exact) mass is 343 g/mol. The Morgan fingerprint density at radius 1 is 1.28 bits per heavy atom. The van der Waals surface area contributed by atoms with Crippen LogP contribution in [0.15, 0.2) is 30.3 Å². The average Bonchev–Trinajstić information content (AvgIpc) is 2.85. The quantitative estimate of drug-likeness (QED) is 0.926. The molecular weight excluding hydrogens is 317 g/mol. The van der Waals surface area contributed by atoms with E-state index in [4.69, 9.17) is 0 Å². The number of hydrogen-bond acceptors (Lipinski definition) is 2. The predicted octanol–water partition coefficient (Wildman–Crippen LogP) is 3.18. The van der Waals surface area contributed by atoms with Crippen molar-refractivity contribution in [3.8, 4) is 0 Å². The standard InChI is InChI=1S/C20H26FN3O/c1-14-11-19(15(2)23(14)3)20(25)22-18-5-4-10-24(13-18)12-16-6-8-17(21)9-7-16/h6-9,11,18H,4-5,10,12-13H2,1-3H3,(H,22,25)/t18-/m1/s1. The third kappa shape index (κ3) is 4.10. The molecule has 0 bridgehead atoms. The van der Waals surface area contributed by atoms with Gasteiger partial charge in [-0.15, -0.1) is 0 Å². The summed E-state index contributed by atoms with van der Waals surface area (Å²) in [4.78, 5) is 14.9. The zero-order valence-electron chi connectivity index (χ0n) is 15.2. The number of benzene rings is 1. The fourth-order valence-corrected chi connectivity index (χ4v) is 3.51. The van der Waals surface area contributed by atoms with Crippen LogP contribution >= 0.6 is 0 Å². The maximum absolute atomic E-state index is 13.0. The summed E-state index contributed by atoms with van der Waals surface area (Å²) >= 11 is 0. The molecule has 5 heteroatoms. The molecule has 0 radical (unpaired) electrons. The molecule has 1 aliphatic heterocycles. The van der Waals surface area contributed by atoms with Crippen molar-refractivity contribution in [2.24, 2.45) is 7.05 Å². The van der Waals surface area contributed by atoms with Gasteiger partial charge in [0.15, 0.2) is 0 Å². The number of halogens is 1. The van der Waals surface area contributed by atoms with Crippen molar-refractivity contribution >= 4 is 5.91 Å². The molecule has 1 amide bonds. The van der Waals surface area contributed by atoms with Crippen molar-refractivity contribution in [3.05, 3.63) is 58.7 Å². The second-order valence-corrected chi connectivity index (χ2v) is 7.02. The lowest BCUT2D eigenvalue weighted by Gasteiger charge is -2.33. The number of carbonyl (C=O) groups excluding carboxylic acids is 1. The molecule has 0 saturated carbocycles. The van der Waals surface area contributed by atoms with Crippen molar-refractivity contribution in [2.75, 3.05) is 13.1 Å². The van der Waals surface area contributed by atoms with E-state index in [-0.39, 0.29) is 17.8 Å². The molecule has 2 heterocycles. The number of rotatable bonds is 4. The van der Waals surface area contributed by atoms with Crippen molar-refractivity contribution < 1.29 is 9.18 Å². The van der Waals surface area contributed by atoms with Crippen molar-refractivity contribution in [1.82, 2.24) is 14.8 Å². The first kappa shape index (κ1) is 17.7. The molecule has 0 spiro atoms. The Morgan fingerprint density at radius 3 is 2.64 bits per heavy atom. The summed E-state index contributed by atoms with van der Waals surface area (Å²) < 4.78 is 15.1. The number of aryl methyl sites for hydroxylation is 1. The Bertz CT molecular complexity index is 751. The molecule has 1 saturated heterocycles. The minimum absolute atomic E-state index is 0.00910. The first-order valence-electron chi connectivity index (χ1n) is 8.84. The average molecular weight is 343 g/mol. The van der Waals surface area contributed by atoms with Gasteiger partial charge in [0.05, 0.1) is 5.56 Å². The van der Waals surface area contributed by atoms with Gasteiger partial charge in [-0.2, -0.15) is 0 Å². The summed E-state index contributed by atoms with van der Waals surface area (Å²) in [5.74, 6) is -0.198. The molecule has 25 heavy (non-hydrogen) atoms. The highest BCUT2D eigenvalue weighted by Crippen LogP contribution is 2.17.